The Morgan fingerprint density at radius 2 is 2.10 bits per heavy atom. The van der Waals surface area contributed by atoms with E-state index in [0.29, 0.717) is 0 Å². The van der Waals surface area contributed by atoms with E-state index >= 15 is 0 Å². The van der Waals surface area contributed by atoms with Crippen molar-refractivity contribution in [2.24, 2.45) is 5.92 Å². The first-order valence-corrected chi connectivity index (χ1v) is 4.72. The lowest BCUT2D eigenvalue weighted by Crippen LogP contribution is -2.02. The summed E-state index contributed by atoms with van der Waals surface area (Å²) in [6, 6.07) is 0. The highest BCUT2D eigenvalue weighted by atomic mass is 127. The SMILES string of the molecule is CC1=CC(I)=C(C)[C@H](C)C1. The zero-order valence-corrected chi connectivity index (χ0v) is 8.90. The molecule has 1 heteroatoms. The summed E-state index contributed by atoms with van der Waals surface area (Å²) < 4.78 is 1.44. The molecule has 0 aromatic rings. The summed E-state index contributed by atoms with van der Waals surface area (Å²) in [5.74, 6) is 0.761. The van der Waals surface area contributed by atoms with Crippen LogP contribution in [0.25, 0.3) is 0 Å². The molecule has 1 rings (SSSR count). The zero-order chi connectivity index (χ0) is 7.72. The Labute approximate surface area is 76.5 Å². The number of halogens is 1. The highest BCUT2D eigenvalue weighted by Gasteiger charge is 2.12. The van der Waals surface area contributed by atoms with Crippen molar-refractivity contribution in [1.29, 1.82) is 0 Å². The smallest absolute Gasteiger partial charge is 0.0121 e. The normalized spacial score (nSPS) is 26.8. The fourth-order valence-electron chi connectivity index (χ4n) is 1.26. The quantitative estimate of drug-likeness (QED) is 0.573. The predicted octanol–water partition coefficient (Wildman–Crippen LogP) is 3.68. The first-order chi connectivity index (χ1) is 4.61. The molecule has 0 spiro atoms. The Balaban J connectivity index is 2.92. The van der Waals surface area contributed by atoms with Crippen LogP contribution >= 0.6 is 22.6 Å². The van der Waals surface area contributed by atoms with E-state index in [1.165, 1.54) is 15.6 Å². The average Bonchev–Trinajstić information content (AvgIpc) is 1.82. The first kappa shape index (κ1) is 8.31. The number of hydrogen-bond donors (Lipinski definition) is 0. The van der Waals surface area contributed by atoms with Crippen LogP contribution in [0.1, 0.15) is 27.2 Å². The Morgan fingerprint density at radius 3 is 2.60 bits per heavy atom. The third-order valence-electron chi connectivity index (χ3n) is 2.12. The van der Waals surface area contributed by atoms with Gasteiger partial charge in [0.1, 0.15) is 0 Å². The van der Waals surface area contributed by atoms with E-state index in [2.05, 4.69) is 49.4 Å². The van der Waals surface area contributed by atoms with Crippen molar-refractivity contribution in [3.8, 4) is 0 Å². The minimum absolute atomic E-state index is 0.761. The molecule has 0 heterocycles. The van der Waals surface area contributed by atoms with Crippen LogP contribution in [0.2, 0.25) is 0 Å². The minimum atomic E-state index is 0.761. The second-order valence-corrected chi connectivity index (χ2v) is 4.29. The van der Waals surface area contributed by atoms with Gasteiger partial charge in [0, 0.05) is 3.58 Å². The molecule has 0 N–H and O–H groups in total. The van der Waals surface area contributed by atoms with Gasteiger partial charge >= 0.3 is 0 Å². The Morgan fingerprint density at radius 1 is 1.50 bits per heavy atom. The van der Waals surface area contributed by atoms with Crippen LogP contribution < -0.4 is 0 Å². The van der Waals surface area contributed by atoms with E-state index in [4.69, 9.17) is 0 Å². The molecule has 0 saturated heterocycles. The lowest BCUT2D eigenvalue weighted by molar-refractivity contribution is 0.661. The Bertz CT molecular complexity index is 199. The third-order valence-corrected chi connectivity index (χ3v) is 3.28. The van der Waals surface area contributed by atoms with Crippen LogP contribution in [0, 0.1) is 5.92 Å². The number of hydrogen-bond acceptors (Lipinski definition) is 0. The molecule has 0 unspecified atom stereocenters. The number of rotatable bonds is 0. The Kier molecular flexibility index (Phi) is 2.55. The molecule has 0 radical (unpaired) electrons. The third kappa shape index (κ3) is 1.62. The maximum atomic E-state index is 2.42. The fourth-order valence-corrected chi connectivity index (χ4v) is 2.32. The summed E-state index contributed by atoms with van der Waals surface area (Å²) >= 11 is 2.42. The molecule has 56 valence electrons. The molecular formula is C9H13I. The van der Waals surface area contributed by atoms with Crippen molar-refractivity contribution in [1.82, 2.24) is 0 Å². The van der Waals surface area contributed by atoms with Crippen LogP contribution in [-0.2, 0) is 0 Å². The van der Waals surface area contributed by atoms with Crippen LogP contribution in [0.5, 0.6) is 0 Å². The lowest BCUT2D eigenvalue weighted by Gasteiger charge is -2.18. The summed E-state index contributed by atoms with van der Waals surface area (Å²) in [6.07, 6.45) is 3.54. The predicted molar refractivity (Wildman–Crippen MR) is 54.3 cm³/mol. The molecule has 1 aliphatic rings. The second-order valence-electron chi connectivity index (χ2n) is 3.13. The average molecular weight is 248 g/mol. The highest BCUT2D eigenvalue weighted by Crippen LogP contribution is 2.31. The molecule has 0 amide bonds. The van der Waals surface area contributed by atoms with E-state index < -0.39 is 0 Å². The van der Waals surface area contributed by atoms with Gasteiger partial charge in [-0.1, -0.05) is 18.1 Å². The summed E-state index contributed by atoms with van der Waals surface area (Å²) in [7, 11) is 0. The molecule has 0 aliphatic heterocycles. The Hall–Kier alpha value is 0.210. The molecule has 0 nitrogen and oxygen atoms in total. The van der Waals surface area contributed by atoms with Gasteiger partial charge in [-0.25, -0.2) is 0 Å². The first-order valence-electron chi connectivity index (χ1n) is 3.64. The summed E-state index contributed by atoms with van der Waals surface area (Å²) in [4.78, 5) is 0. The van der Waals surface area contributed by atoms with Crippen LogP contribution in [-0.4, -0.2) is 0 Å². The van der Waals surface area contributed by atoms with E-state index in [0.717, 1.165) is 5.92 Å². The zero-order valence-electron chi connectivity index (χ0n) is 6.74. The van der Waals surface area contributed by atoms with Gasteiger partial charge in [-0.3, -0.25) is 0 Å². The van der Waals surface area contributed by atoms with Gasteiger partial charge in [0.2, 0.25) is 0 Å². The van der Waals surface area contributed by atoms with E-state index in [1.807, 2.05) is 0 Å². The molecule has 1 aliphatic carbocycles. The minimum Gasteiger partial charge on any atom is -0.0717 e. The van der Waals surface area contributed by atoms with Crippen molar-refractivity contribution in [3.63, 3.8) is 0 Å². The number of allylic oxidation sites excluding steroid dienone is 4. The molecule has 0 fully saturated rings. The van der Waals surface area contributed by atoms with Crippen molar-refractivity contribution in [3.05, 3.63) is 20.8 Å². The molecule has 0 bridgehead atoms. The molecule has 0 aromatic heterocycles. The van der Waals surface area contributed by atoms with Gasteiger partial charge in [-0.2, -0.15) is 0 Å². The molecular weight excluding hydrogens is 235 g/mol. The van der Waals surface area contributed by atoms with Crippen molar-refractivity contribution < 1.29 is 0 Å². The largest absolute Gasteiger partial charge is 0.0717 e. The van der Waals surface area contributed by atoms with Gasteiger partial charge in [-0.05, 0) is 54.9 Å². The molecule has 0 aromatic carbocycles. The highest BCUT2D eigenvalue weighted by molar-refractivity contribution is 14.1. The molecule has 10 heavy (non-hydrogen) atoms. The van der Waals surface area contributed by atoms with E-state index in [-0.39, 0.29) is 0 Å². The van der Waals surface area contributed by atoms with Crippen molar-refractivity contribution >= 4 is 22.6 Å². The summed E-state index contributed by atoms with van der Waals surface area (Å²) in [5.41, 5.74) is 3.06. The van der Waals surface area contributed by atoms with Crippen molar-refractivity contribution in [2.45, 2.75) is 27.2 Å². The second kappa shape index (κ2) is 3.07. The molecule has 1 atom stereocenters. The van der Waals surface area contributed by atoms with Crippen molar-refractivity contribution in [2.75, 3.05) is 0 Å². The maximum absolute atomic E-state index is 2.42. The van der Waals surface area contributed by atoms with Gasteiger partial charge in [-0.15, -0.1) is 0 Å². The lowest BCUT2D eigenvalue weighted by atomic mass is 9.90. The van der Waals surface area contributed by atoms with Gasteiger partial charge in [0.25, 0.3) is 0 Å². The summed E-state index contributed by atoms with van der Waals surface area (Å²) in [5, 5.41) is 0. The van der Waals surface area contributed by atoms with Crippen LogP contribution in [0.15, 0.2) is 20.8 Å². The summed E-state index contributed by atoms with van der Waals surface area (Å²) in [6.45, 7) is 6.74. The van der Waals surface area contributed by atoms with Gasteiger partial charge < -0.3 is 0 Å². The monoisotopic (exact) mass is 248 g/mol. The topological polar surface area (TPSA) is 0 Å². The standard InChI is InChI=1S/C9H13I/c1-6-4-7(2)8(3)9(10)5-6/h5,7H,4H2,1-3H3/t7-/m1/s1. The van der Waals surface area contributed by atoms with Crippen LogP contribution in [0.3, 0.4) is 0 Å². The van der Waals surface area contributed by atoms with Crippen LogP contribution in [0.4, 0.5) is 0 Å². The fraction of sp³-hybridized carbons (Fsp3) is 0.556. The van der Waals surface area contributed by atoms with E-state index in [9.17, 15) is 0 Å². The van der Waals surface area contributed by atoms with Gasteiger partial charge in [0.05, 0.1) is 0 Å². The van der Waals surface area contributed by atoms with Gasteiger partial charge in [0.15, 0.2) is 0 Å². The maximum Gasteiger partial charge on any atom is 0.0121 e. The molecule has 0 saturated carbocycles. The van der Waals surface area contributed by atoms with E-state index in [1.54, 1.807) is 5.57 Å².